The summed E-state index contributed by atoms with van der Waals surface area (Å²) in [4.78, 5) is 78.0. The Morgan fingerprint density at radius 2 is 1.78 bits per heavy atom. The van der Waals surface area contributed by atoms with Crippen LogP contribution in [-0.2, 0) is 25.7 Å². The van der Waals surface area contributed by atoms with Gasteiger partial charge in [-0.2, -0.15) is 0 Å². The lowest BCUT2D eigenvalue weighted by Crippen LogP contribution is -2.71. The molecule has 0 aliphatic carbocycles. The highest BCUT2D eigenvalue weighted by atomic mass is 32.2. The summed E-state index contributed by atoms with van der Waals surface area (Å²) in [5, 5.41) is 73.0. The van der Waals surface area contributed by atoms with Gasteiger partial charge in [0.05, 0.1) is 5.39 Å². The second-order valence-electron chi connectivity index (χ2n) is 10.9. The molecule has 4 heterocycles. The highest BCUT2D eigenvalue weighted by Gasteiger charge is 2.54. The molecule has 1 saturated heterocycles. The Balaban J connectivity index is 1.22. The van der Waals surface area contributed by atoms with Gasteiger partial charge < -0.3 is 45.7 Å². The fraction of sp³-hybridized carbons (Fsp3) is 0.207. The fourth-order valence-electron chi connectivity index (χ4n) is 5.27. The van der Waals surface area contributed by atoms with E-state index in [2.05, 4.69) is 26.2 Å². The van der Waals surface area contributed by atoms with E-state index in [1.165, 1.54) is 24.3 Å². The number of fused-ring (bicyclic) bond motifs is 2. The fourth-order valence-corrected chi connectivity index (χ4v) is 7.64. The maximum absolute atomic E-state index is 13.7. The number of carbonyl (C=O) groups is 5. The summed E-state index contributed by atoms with van der Waals surface area (Å²) in [5.41, 5.74) is -2.11. The summed E-state index contributed by atoms with van der Waals surface area (Å²) >= 11 is 2.12. The lowest BCUT2D eigenvalue weighted by molar-refractivity contribution is -0.151. The van der Waals surface area contributed by atoms with E-state index in [9.17, 15) is 54.3 Å². The number of aliphatic carboxylic acids is 2. The number of rotatable bonds is 11. The topological polar surface area (TPSA) is 308 Å². The van der Waals surface area contributed by atoms with E-state index in [0.717, 1.165) is 39.2 Å². The highest BCUT2D eigenvalue weighted by Crippen LogP contribution is 2.42. The Morgan fingerprint density at radius 1 is 1.06 bits per heavy atom. The van der Waals surface area contributed by atoms with Crippen LogP contribution in [0.15, 0.2) is 62.2 Å². The summed E-state index contributed by atoms with van der Waals surface area (Å²) in [7, 11) is 0. The van der Waals surface area contributed by atoms with Gasteiger partial charge >= 0.3 is 11.9 Å². The molecule has 0 saturated carbocycles. The summed E-state index contributed by atoms with van der Waals surface area (Å²) < 4.78 is 6.20. The number of β-lactam (4-membered cyclic amide) rings is 1. The number of carboxylic acid groups (broad SMARTS) is 2. The van der Waals surface area contributed by atoms with Crippen LogP contribution in [0.1, 0.15) is 22.0 Å². The van der Waals surface area contributed by atoms with Gasteiger partial charge in [-0.05, 0) is 39.8 Å². The summed E-state index contributed by atoms with van der Waals surface area (Å²) in [6.45, 7) is -0.523. The van der Waals surface area contributed by atoms with Crippen LogP contribution < -0.4 is 16.1 Å². The molecule has 51 heavy (non-hydrogen) atoms. The largest absolute Gasteiger partial charge is 0.508 e. The molecular weight excluding hydrogens is 718 g/mol. The number of aromatic nitrogens is 4. The normalized spacial score (nSPS) is 17.4. The SMILES string of the molecule is O=C(O)Cn1nnnc1SCC1=C(C(=O)O)N2C(=O)[C@@H](NC(=O)C(NC(=O)c3coc4c(O)c(O)c(O)cc4c3=O)c3ccc(O)cc3)[C@@H]2SC1. The van der Waals surface area contributed by atoms with Crippen molar-refractivity contribution in [2.45, 2.75) is 29.2 Å². The van der Waals surface area contributed by atoms with Gasteiger partial charge in [0, 0.05) is 11.5 Å². The van der Waals surface area contributed by atoms with Crippen molar-refractivity contribution in [3.05, 3.63) is 69.2 Å². The minimum Gasteiger partial charge on any atom is -0.508 e. The second kappa shape index (κ2) is 13.5. The first-order valence-corrected chi connectivity index (χ1v) is 16.4. The molecule has 3 atom stereocenters. The summed E-state index contributed by atoms with van der Waals surface area (Å²) in [5.74, 6) is -8.30. The van der Waals surface area contributed by atoms with Crippen molar-refractivity contribution in [1.29, 1.82) is 0 Å². The minimum atomic E-state index is -1.58. The molecule has 20 nitrogen and oxygen atoms in total. The zero-order valence-electron chi connectivity index (χ0n) is 25.4. The molecule has 2 aliphatic rings. The van der Waals surface area contributed by atoms with Crippen LogP contribution in [0.3, 0.4) is 0 Å². The van der Waals surface area contributed by atoms with Crippen LogP contribution in [0, 0.1) is 0 Å². The number of hydrogen-bond acceptors (Lipinski definition) is 16. The molecule has 0 radical (unpaired) electrons. The first kappa shape index (κ1) is 34.6. The van der Waals surface area contributed by atoms with Gasteiger partial charge in [0.2, 0.25) is 28.0 Å². The summed E-state index contributed by atoms with van der Waals surface area (Å²) in [6.07, 6.45) is 0.677. The van der Waals surface area contributed by atoms with E-state index in [0.29, 0.717) is 11.8 Å². The van der Waals surface area contributed by atoms with Crippen molar-refractivity contribution in [2.24, 2.45) is 0 Å². The molecule has 2 aliphatic heterocycles. The van der Waals surface area contributed by atoms with Crippen molar-refractivity contribution >= 4 is 64.2 Å². The molecule has 2 aromatic heterocycles. The predicted molar refractivity (Wildman–Crippen MR) is 172 cm³/mol. The Labute approximate surface area is 291 Å². The zero-order valence-corrected chi connectivity index (χ0v) is 27.0. The Kier molecular flexibility index (Phi) is 9.18. The number of phenolic OH excluding ortho intramolecular Hbond substituents is 4. The third-order valence-electron chi connectivity index (χ3n) is 7.71. The predicted octanol–water partition coefficient (Wildman–Crippen LogP) is -0.311. The van der Waals surface area contributed by atoms with E-state index in [1.807, 2.05) is 0 Å². The van der Waals surface area contributed by atoms with Gasteiger partial charge in [0.1, 0.15) is 47.3 Å². The van der Waals surface area contributed by atoms with Gasteiger partial charge in [-0.15, -0.1) is 16.9 Å². The third-order valence-corrected chi connectivity index (χ3v) is 10.1. The van der Waals surface area contributed by atoms with Crippen molar-refractivity contribution in [2.75, 3.05) is 11.5 Å². The number of tetrazole rings is 1. The van der Waals surface area contributed by atoms with Crippen LogP contribution >= 0.6 is 23.5 Å². The maximum Gasteiger partial charge on any atom is 0.352 e. The number of phenols is 4. The molecule has 4 aromatic rings. The molecule has 2 aromatic carbocycles. The number of amides is 3. The van der Waals surface area contributed by atoms with E-state index >= 15 is 0 Å². The number of hydrogen-bond donors (Lipinski definition) is 8. The standard InChI is InChI=1S/C29H23N7O13S2/c37-12-3-1-10(2-4-12)17(30-24(44)14-7-49-23-13(20(14)41)5-15(38)21(42)22(23)43)25(45)31-18-26(46)36-19(28(47)48)11(8-50-27(18)36)9-51-29-32-33-34-35(29)6-16(39)40/h1-5,7,17-18,27,37-38,42-43H,6,8-9H2,(H,30,44)(H,31,45)(H,39,40)(H,47,48)/t17?,18-,27+/m1/s1. The van der Waals surface area contributed by atoms with Crippen LogP contribution in [-0.4, -0.2) is 108 Å². The molecule has 3 amide bonds. The number of nitrogens with zero attached hydrogens (tertiary/aromatic N) is 5. The van der Waals surface area contributed by atoms with Crippen molar-refractivity contribution in [1.82, 2.24) is 35.7 Å². The first-order chi connectivity index (χ1) is 24.3. The maximum atomic E-state index is 13.7. The summed E-state index contributed by atoms with van der Waals surface area (Å²) in [6, 6.07) is 3.00. The van der Waals surface area contributed by atoms with Gasteiger partial charge in [0.15, 0.2) is 11.3 Å². The average molecular weight is 742 g/mol. The molecular formula is C29H23N7O13S2. The number of nitrogens with one attached hydrogen (secondary N) is 2. The van der Waals surface area contributed by atoms with Crippen LogP contribution in [0.4, 0.5) is 0 Å². The Bertz CT molecular complexity index is 2220. The Hall–Kier alpha value is -6.29. The molecule has 0 bridgehead atoms. The van der Waals surface area contributed by atoms with E-state index in [1.54, 1.807) is 0 Å². The van der Waals surface area contributed by atoms with Crippen LogP contribution in [0.25, 0.3) is 11.0 Å². The molecule has 22 heteroatoms. The van der Waals surface area contributed by atoms with E-state index in [4.69, 9.17) is 9.52 Å². The third kappa shape index (κ3) is 6.43. The van der Waals surface area contributed by atoms with Crippen LogP contribution in [0.2, 0.25) is 0 Å². The molecule has 264 valence electrons. The van der Waals surface area contributed by atoms with Gasteiger partial charge in [0.25, 0.3) is 11.8 Å². The number of benzene rings is 2. The number of aromatic hydroxyl groups is 4. The van der Waals surface area contributed by atoms with Crippen LogP contribution in [0.5, 0.6) is 23.0 Å². The number of thioether (sulfide) groups is 2. The minimum absolute atomic E-state index is 0.000264. The quantitative estimate of drug-likeness (QED) is 0.0555. The smallest absolute Gasteiger partial charge is 0.352 e. The van der Waals surface area contributed by atoms with Crippen molar-refractivity contribution in [3.63, 3.8) is 0 Å². The average Bonchev–Trinajstić information content (AvgIpc) is 3.53. The highest BCUT2D eigenvalue weighted by molar-refractivity contribution is 8.01. The Morgan fingerprint density at radius 3 is 2.47 bits per heavy atom. The van der Waals surface area contributed by atoms with Gasteiger partial charge in [-0.25, -0.2) is 9.48 Å². The monoisotopic (exact) mass is 741 g/mol. The van der Waals surface area contributed by atoms with Crippen molar-refractivity contribution in [3.8, 4) is 23.0 Å². The molecule has 1 unspecified atom stereocenters. The van der Waals surface area contributed by atoms with E-state index < -0.39 is 92.9 Å². The molecule has 6 rings (SSSR count). The van der Waals surface area contributed by atoms with E-state index in [-0.39, 0.29) is 33.7 Å². The molecule has 0 spiro atoms. The second-order valence-corrected chi connectivity index (χ2v) is 12.9. The molecule has 1 fully saturated rings. The van der Waals surface area contributed by atoms with Gasteiger partial charge in [-0.1, -0.05) is 23.9 Å². The lowest BCUT2D eigenvalue weighted by Gasteiger charge is -2.49. The molecule has 8 N–H and O–H groups in total. The lowest BCUT2D eigenvalue weighted by atomic mass is 10.0. The van der Waals surface area contributed by atoms with Gasteiger partial charge in [-0.3, -0.25) is 28.9 Å². The number of carboxylic acids is 2. The first-order valence-electron chi connectivity index (χ1n) is 14.4. The zero-order chi connectivity index (χ0) is 36.7. The number of carbonyl (C=O) groups excluding carboxylic acids is 3. The van der Waals surface area contributed by atoms with Crippen molar-refractivity contribution < 1.29 is 59.0 Å².